The minimum absolute atomic E-state index is 0.0372. The number of thioether (sulfide) groups is 1. The van der Waals surface area contributed by atoms with Crippen LogP contribution in [0.15, 0.2) is 94.8 Å². The summed E-state index contributed by atoms with van der Waals surface area (Å²) >= 11 is 1.51. The molecule has 0 aliphatic rings. The summed E-state index contributed by atoms with van der Waals surface area (Å²) in [5.41, 5.74) is -0.142. The number of hydrogen-bond acceptors (Lipinski definition) is 2. The molecule has 3 rings (SSSR count). The molecule has 0 unspecified atom stereocenters. The Morgan fingerprint density at radius 3 is 1.92 bits per heavy atom. The first kappa shape index (κ1) is 18.8. The third-order valence-corrected chi connectivity index (χ3v) is 6.67. The molecule has 3 aromatic rings. The van der Waals surface area contributed by atoms with Crippen LogP contribution in [0.1, 0.15) is 5.56 Å². The topological polar surface area (TPSA) is 12.4 Å². The molecule has 0 spiro atoms. The van der Waals surface area contributed by atoms with Crippen molar-refractivity contribution < 1.29 is 13.2 Å². The van der Waals surface area contributed by atoms with Crippen molar-refractivity contribution in [2.45, 2.75) is 11.1 Å². The van der Waals surface area contributed by atoms with Gasteiger partial charge in [-0.25, -0.2) is 0 Å². The van der Waals surface area contributed by atoms with Gasteiger partial charge in [0.15, 0.2) is 0 Å². The van der Waals surface area contributed by atoms with E-state index in [-0.39, 0.29) is 15.0 Å². The first-order valence-corrected chi connectivity index (χ1v) is 10.3. The van der Waals surface area contributed by atoms with Gasteiger partial charge in [-0.1, -0.05) is 0 Å². The molecule has 0 radical (unpaired) electrons. The van der Waals surface area contributed by atoms with Crippen LogP contribution in [0.2, 0.25) is 0 Å². The number of nitrogens with zero attached hydrogens (tertiary/aromatic N) is 1. The molecule has 0 aliphatic heterocycles. The second kappa shape index (κ2) is 8.58. The van der Waals surface area contributed by atoms with E-state index in [0.717, 1.165) is 25.4 Å². The van der Waals surface area contributed by atoms with Crippen LogP contribution >= 0.6 is 11.8 Å². The Kier molecular flexibility index (Phi) is 6.20. The second-order valence-corrected chi connectivity index (χ2v) is 9.13. The fourth-order valence-corrected chi connectivity index (χ4v) is 5.49. The van der Waals surface area contributed by atoms with E-state index in [4.69, 9.17) is 0 Å². The van der Waals surface area contributed by atoms with Crippen LogP contribution < -0.4 is 4.46 Å². The number of hydrogen-bond donors (Lipinski definition) is 0. The molecule has 0 fully saturated rings. The van der Waals surface area contributed by atoms with Crippen LogP contribution in [0.5, 0.6) is 0 Å². The van der Waals surface area contributed by atoms with Gasteiger partial charge in [0.1, 0.15) is 0 Å². The molecule has 0 heterocycles. The van der Waals surface area contributed by atoms with Gasteiger partial charge in [-0.05, 0) is 0 Å². The zero-order chi connectivity index (χ0) is 18.4. The molecule has 0 aromatic heterocycles. The van der Waals surface area contributed by atoms with Crippen molar-refractivity contribution >= 4 is 40.8 Å². The quantitative estimate of drug-likeness (QED) is 0.227. The number of alkyl halides is 3. The summed E-state index contributed by atoms with van der Waals surface area (Å²) in [5.74, 6) is 0. The van der Waals surface area contributed by atoms with E-state index in [2.05, 4.69) is 4.99 Å². The summed E-state index contributed by atoms with van der Waals surface area (Å²) in [5, 5.41) is 0. The van der Waals surface area contributed by atoms with E-state index in [1.165, 1.54) is 12.1 Å². The summed E-state index contributed by atoms with van der Waals surface area (Å²) in [4.78, 5) is 5.66. The van der Waals surface area contributed by atoms with Gasteiger partial charge in [0.05, 0.1) is 0 Å². The van der Waals surface area contributed by atoms with Crippen LogP contribution in [0, 0.1) is 0 Å². The Hall–Kier alpha value is -2.01. The van der Waals surface area contributed by atoms with Crippen LogP contribution in [0.25, 0.3) is 0 Å². The Morgan fingerprint density at radius 1 is 0.769 bits per heavy atom. The molecular weight excluding hydrogens is 422 g/mol. The van der Waals surface area contributed by atoms with Crippen molar-refractivity contribution in [2.75, 3.05) is 0 Å². The van der Waals surface area contributed by atoms with Crippen molar-refractivity contribution in [3.05, 3.63) is 90.5 Å². The molecular formula is C20H14F3NSSe. The van der Waals surface area contributed by atoms with Crippen molar-refractivity contribution in [1.29, 1.82) is 0 Å². The molecule has 0 amide bonds. The monoisotopic (exact) mass is 437 g/mol. The van der Waals surface area contributed by atoms with E-state index in [1.807, 2.05) is 60.7 Å². The molecule has 0 bridgehead atoms. The molecule has 0 N–H and O–H groups in total. The van der Waals surface area contributed by atoms with E-state index in [0.29, 0.717) is 5.69 Å². The van der Waals surface area contributed by atoms with Gasteiger partial charge in [-0.15, -0.1) is 0 Å². The van der Waals surface area contributed by atoms with Crippen LogP contribution in [-0.2, 0) is 6.18 Å². The summed E-state index contributed by atoms with van der Waals surface area (Å²) in [6.45, 7) is 0. The third kappa shape index (κ3) is 5.49. The summed E-state index contributed by atoms with van der Waals surface area (Å²) < 4.78 is 40.2. The zero-order valence-corrected chi connectivity index (χ0v) is 16.0. The van der Waals surface area contributed by atoms with Gasteiger partial charge in [-0.3, -0.25) is 0 Å². The van der Waals surface area contributed by atoms with Gasteiger partial charge in [0.2, 0.25) is 0 Å². The van der Waals surface area contributed by atoms with Gasteiger partial charge in [0, 0.05) is 0 Å². The van der Waals surface area contributed by atoms with Crippen molar-refractivity contribution in [3.8, 4) is 0 Å². The Bertz CT molecular complexity index is 820. The zero-order valence-electron chi connectivity index (χ0n) is 13.5. The summed E-state index contributed by atoms with van der Waals surface area (Å²) in [6.07, 6.45) is -4.34. The number of benzene rings is 3. The fourth-order valence-electron chi connectivity index (χ4n) is 2.08. The van der Waals surface area contributed by atoms with Crippen LogP contribution in [-0.4, -0.2) is 18.9 Å². The molecule has 0 atom stereocenters. The average Bonchev–Trinajstić information content (AvgIpc) is 2.63. The van der Waals surface area contributed by atoms with Gasteiger partial charge < -0.3 is 0 Å². The number of aliphatic imine (C=N–C) groups is 1. The molecule has 0 saturated heterocycles. The molecule has 0 aliphatic carbocycles. The maximum atomic E-state index is 12.7. The molecule has 0 saturated carbocycles. The Labute approximate surface area is 160 Å². The van der Waals surface area contributed by atoms with Gasteiger partial charge in [-0.2, -0.15) is 0 Å². The Morgan fingerprint density at radius 2 is 1.35 bits per heavy atom. The summed E-state index contributed by atoms with van der Waals surface area (Å²) in [7, 11) is 0. The van der Waals surface area contributed by atoms with Crippen molar-refractivity contribution in [1.82, 2.24) is 0 Å². The molecule has 1 nitrogen and oxygen atoms in total. The van der Waals surface area contributed by atoms with Crippen LogP contribution in [0.3, 0.4) is 0 Å². The van der Waals surface area contributed by atoms with Gasteiger partial charge >= 0.3 is 161 Å². The predicted molar refractivity (Wildman–Crippen MR) is 103 cm³/mol. The first-order valence-electron chi connectivity index (χ1n) is 7.72. The molecule has 6 heteroatoms. The van der Waals surface area contributed by atoms with E-state index < -0.39 is 11.7 Å². The van der Waals surface area contributed by atoms with Crippen molar-refractivity contribution in [2.24, 2.45) is 4.99 Å². The van der Waals surface area contributed by atoms with Crippen LogP contribution in [0.4, 0.5) is 18.9 Å². The SMILES string of the molecule is FC(F)(F)c1ccc(N=C(Sc2ccccc2)[Se]c2ccccc2)cc1. The van der Waals surface area contributed by atoms with E-state index in [9.17, 15) is 13.2 Å². The number of halogens is 3. The van der Waals surface area contributed by atoms with E-state index >= 15 is 0 Å². The fraction of sp³-hybridized carbons (Fsp3) is 0.0500. The second-order valence-electron chi connectivity index (χ2n) is 5.25. The molecule has 26 heavy (non-hydrogen) atoms. The Balaban J connectivity index is 1.87. The summed E-state index contributed by atoms with van der Waals surface area (Å²) in [6, 6.07) is 24.8. The average molecular weight is 436 g/mol. The number of rotatable bonds is 4. The van der Waals surface area contributed by atoms with E-state index in [1.54, 1.807) is 11.8 Å². The van der Waals surface area contributed by atoms with Gasteiger partial charge in [0.25, 0.3) is 0 Å². The van der Waals surface area contributed by atoms with Crippen molar-refractivity contribution in [3.63, 3.8) is 0 Å². The molecule has 132 valence electrons. The third-order valence-electron chi connectivity index (χ3n) is 3.31. The standard InChI is InChI=1S/C20H14F3NSSe/c21-20(22,23)15-11-13-16(14-12-15)24-19(25-17-7-3-1-4-8-17)26-18-9-5-2-6-10-18/h1-14H. The predicted octanol–water partition coefficient (Wildman–Crippen LogP) is 5.51. The first-order chi connectivity index (χ1) is 12.5. The minimum atomic E-state index is -4.34. The maximum absolute atomic E-state index is 12.7. The normalized spacial score (nSPS) is 12.2. The molecule has 3 aromatic carbocycles.